The Hall–Kier alpha value is -1.55. The van der Waals surface area contributed by atoms with Gasteiger partial charge in [-0.1, -0.05) is 0 Å². The number of nitrogens with zero attached hydrogens (tertiary/aromatic N) is 1. The lowest BCUT2D eigenvalue weighted by Gasteiger charge is -2.30. The summed E-state index contributed by atoms with van der Waals surface area (Å²) in [6.07, 6.45) is 0. The average molecular weight is 235 g/mol. The number of ether oxygens (including phenoxy) is 2. The molecule has 1 aromatic carbocycles. The van der Waals surface area contributed by atoms with E-state index in [2.05, 4.69) is 4.90 Å². The van der Waals surface area contributed by atoms with Crippen LogP contribution >= 0.6 is 0 Å². The van der Waals surface area contributed by atoms with Crippen molar-refractivity contribution in [3.05, 3.63) is 29.3 Å². The lowest BCUT2D eigenvalue weighted by Crippen LogP contribution is -2.36. The summed E-state index contributed by atoms with van der Waals surface area (Å²) in [5.74, 6) is -0.290. The fourth-order valence-electron chi connectivity index (χ4n) is 2.06. The van der Waals surface area contributed by atoms with Gasteiger partial charge < -0.3 is 14.4 Å². The summed E-state index contributed by atoms with van der Waals surface area (Å²) in [5.41, 5.74) is 2.86. The van der Waals surface area contributed by atoms with Gasteiger partial charge in [-0.15, -0.1) is 0 Å². The second-order valence-electron chi connectivity index (χ2n) is 4.09. The summed E-state index contributed by atoms with van der Waals surface area (Å²) in [7, 11) is 1.40. The molecule has 4 heteroatoms. The first kappa shape index (κ1) is 11.9. The van der Waals surface area contributed by atoms with Gasteiger partial charge in [0.05, 0.1) is 25.9 Å². The van der Waals surface area contributed by atoms with Gasteiger partial charge in [0.25, 0.3) is 0 Å². The maximum Gasteiger partial charge on any atom is 0.337 e. The normalized spacial score (nSPS) is 15.8. The van der Waals surface area contributed by atoms with Crippen molar-refractivity contribution in [2.75, 3.05) is 38.3 Å². The van der Waals surface area contributed by atoms with Crippen LogP contribution in [-0.2, 0) is 9.47 Å². The molecular formula is C13H17NO3. The number of anilines is 1. The number of carbonyl (C=O) groups is 1. The molecule has 92 valence electrons. The van der Waals surface area contributed by atoms with Crippen molar-refractivity contribution in [2.24, 2.45) is 0 Å². The zero-order valence-corrected chi connectivity index (χ0v) is 10.2. The highest BCUT2D eigenvalue weighted by atomic mass is 16.5. The van der Waals surface area contributed by atoms with Gasteiger partial charge in [0.2, 0.25) is 0 Å². The summed E-state index contributed by atoms with van der Waals surface area (Å²) >= 11 is 0. The van der Waals surface area contributed by atoms with Crippen LogP contribution in [0.4, 0.5) is 5.69 Å². The van der Waals surface area contributed by atoms with Gasteiger partial charge in [-0.2, -0.15) is 0 Å². The van der Waals surface area contributed by atoms with E-state index < -0.39 is 0 Å². The molecule has 0 bridgehead atoms. The molecule has 0 spiro atoms. The van der Waals surface area contributed by atoms with Crippen molar-refractivity contribution >= 4 is 11.7 Å². The minimum atomic E-state index is -0.290. The highest BCUT2D eigenvalue weighted by Crippen LogP contribution is 2.22. The van der Waals surface area contributed by atoms with Crippen LogP contribution in [0.25, 0.3) is 0 Å². The summed E-state index contributed by atoms with van der Waals surface area (Å²) in [6, 6.07) is 5.66. The zero-order valence-electron chi connectivity index (χ0n) is 10.2. The molecule has 0 amide bonds. The molecule has 17 heavy (non-hydrogen) atoms. The Bertz CT molecular complexity index is 411. The van der Waals surface area contributed by atoms with Crippen LogP contribution in [0.3, 0.4) is 0 Å². The van der Waals surface area contributed by atoms with Crippen molar-refractivity contribution in [1.29, 1.82) is 0 Å². The molecule has 1 fully saturated rings. The Morgan fingerprint density at radius 3 is 2.65 bits per heavy atom. The van der Waals surface area contributed by atoms with Gasteiger partial charge in [0, 0.05) is 18.8 Å². The van der Waals surface area contributed by atoms with Gasteiger partial charge in [-0.25, -0.2) is 4.79 Å². The largest absolute Gasteiger partial charge is 0.465 e. The number of rotatable bonds is 2. The topological polar surface area (TPSA) is 38.8 Å². The van der Waals surface area contributed by atoms with Crippen LogP contribution in [0.2, 0.25) is 0 Å². The Morgan fingerprint density at radius 1 is 1.35 bits per heavy atom. The molecule has 0 saturated carbocycles. The van der Waals surface area contributed by atoms with E-state index in [9.17, 15) is 4.79 Å². The van der Waals surface area contributed by atoms with Gasteiger partial charge in [0.15, 0.2) is 0 Å². The molecule has 1 saturated heterocycles. The van der Waals surface area contributed by atoms with Crippen molar-refractivity contribution < 1.29 is 14.3 Å². The van der Waals surface area contributed by atoms with Crippen LogP contribution in [0.1, 0.15) is 15.9 Å². The van der Waals surface area contributed by atoms with Crippen LogP contribution in [0, 0.1) is 6.92 Å². The first-order chi connectivity index (χ1) is 8.22. The third-order valence-corrected chi connectivity index (χ3v) is 2.97. The number of morpholine rings is 1. The Morgan fingerprint density at radius 2 is 2.06 bits per heavy atom. The zero-order chi connectivity index (χ0) is 12.3. The summed E-state index contributed by atoms with van der Waals surface area (Å²) in [4.78, 5) is 13.7. The van der Waals surface area contributed by atoms with Crippen LogP contribution < -0.4 is 4.90 Å². The standard InChI is InChI=1S/C13H17NO3/c1-10-9-11(13(15)16-2)3-4-12(10)14-5-7-17-8-6-14/h3-4,9H,5-8H2,1-2H3. The first-order valence-electron chi connectivity index (χ1n) is 5.74. The lowest BCUT2D eigenvalue weighted by molar-refractivity contribution is 0.0600. The van der Waals surface area contributed by atoms with E-state index in [1.807, 2.05) is 25.1 Å². The van der Waals surface area contributed by atoms with Crippen LogP contribution in [0.5, 0.6) is 0 Å². The number of hydrogen-bond donors (Lipinski definition) is 0. The molecule has 1 heterocycles. The smallest absolute Gasteiger partial charge is 0.337 e. The maximum atomic E-state index is 11.4. The second-order valence-corrected chi connectivity index (χ2v) is 4.09. The van der Waals surface area contributed by atoms with Gasteiger partial charge in [0.1, 0.15) is 0 Å². The van der Waals surface area contributed by atoms with E-state index in [1.165, 1.54) is 12.8 Å². The average Bonchev–Trinajstić information content (AvgIpc) is 2.38. The van der Waals surface area contributed by atoms with E-state index in [4.69, 9.17) is 9.47 Å². The Kier molecular flexibility index (Phi) is 3.64. The van der Waals surface area contributed by atoms with Crippen LogP contribution in [-0.4, -0.2) is 39.4 Å². The second kappa shape index (κ2) is 5.19. The maximum absolute atomic E-state index is 11.4. The highest BCUT2D eigenvalue weighted by Gasteiger charge is 2.14. The minimum Gasteiger partial charge on any atom is -0.465 e. The fourth-order valence-corrected chi connectivity index (χ4v) is 2.06. The molecule has 0 aliphatic carbocycles. The van der Waals surface area contributed by atoms with Gasteiger partial charge >= 0.3 is 5.97 Å². The molecule has 1 aromatic rings. The molecule has 0 N–H and O–H groups in total. The number of carbonyl (C=O) groups excluding carboxylic acids is 1. The number of hydrogen-bond acceptors (Lipinski definition) is 4. The summed E-state index contributed by atoms with van der Waals surface area (Å²) in [6.45, 7) is 5.34. The fraction of sp³-hybridized carbons (Fsp3) is 0.462. The molecule has 0 aromatic heterocycles. The molecule has 2 rings (SSSR count). The van der Waals surface area contributed by atoms with Crippen LogP contribution in [0.15, 0.2) is 18.2 Å². The SMILES string of the molecule is COC(=O)c1ccc(N2CCOCC2)c(C)c1. The molecule has 4 nitrogen and oxygen atoms in total. The van der Waals surface area contributed by atoms with Crippen molar-refractivity contribution in [3.8, 4) is 0 Å². The number of benzene rings is 1. The Labute approximate surface area is 101 Å². The number of aryl methyl sites for hydroxylation is 1. The quantitative estimate of drug-likeness (QED) is 0.730. The molecule has 0 radical (unpaired) electrons. The van der Waals surface area contributed by atoms with Gasteiger partial charge in [-0.3, -0.25) is 0 Å². The van der Waals surface area contributed by atoms with E-state index in [0.717, 1.165) is 31.9 Å². The molecular weight excluding hydrogens is 218 g/mol. The van der Waals surface area contributed by atoms with E-state index in [1.54, 1.807) is 0 Å². The molecule has 0 atom stereocenters. The third-order valence-electron chi connectivity index (χ3n) is 2.97. The predicted molar refractivity (Wildman–Crippen MR) is 65.6 cm³/mol. The van der Waals surface area contributed by atoms with E-state index >= 15 is 0 Å². The lowest BCUT2D eigenvalue weighted by atomic mass is 10.1. The minimum absolute atomic E-state index is 0.290. The first-order valence-corrected chi connectivity index (χ1v) is 5.74. The third kappa shape index (κ3) is 2.58. The monoisotopic (exact) mass is 235 g/mol. The van der Waals surface area contributed by atoms with Crippen molar-refractivity contribution in [1.82, 2.24) is 0 Å². The summed E-state index contributed by atoms with van der Waals surface area (Å²) < 4.78 is 10.0. The highest BCUT2D eigenvalue weighted by molar-refractivity contribution is 5.90. The van der Waals surface area contributed by atoms with Crippen molar-refractivity contribution in [3.63, 3.8) is 0 Å². The Balaban J connectivity index is 2.21. The number of esters is 1. The predicted octanol–water partition coefficient (Wildman–Crippen LogP) is 1.62. The summed E-state index contributed by atoms with van der Waals surface area (Å²) in [5, 5.41) is 0. The van der Waals surface area contributed by atoms with E-state index in [0.29, 0.717) is 5.56 Å². The molecule has 1 aliphatic rings. The van der Waals surface area contributed by atoms with Gasteiger partial charge in [-0.05, 0) is 30.7 Å². The number of methoxy groups -OCH3 is 1. The molecule has 0 unspecified atom stereocenters. The van der Waals surface area contributed by atoms with Crippen molar-refractivity contribution in [2.45, 2.75) is 6.92 Å². The molecule has 1 aliphatic heterocycles. The van der Waals surface area contributed by atoms with E-state index in [-0.39, 0.29) is 5.97 Å².